The molecule has 2 unspecified atom stereocenters. The highest BCUT2D eigenvalue weighted by atomic mass is 16.2. The van der Waals surface area contributed by atoms with Crippen LogP contribution in [0.4, 0.5) is 0 Å². The molecule has 0 spiro atoms. The van der Waals surface area contributed by atoms with Crippen LogP contribution >= 0.6 is 0 Å². The fourth-order valence-corrected chi connectivity index (χ4v) is 3.04. The molecule has 0 bridgehead atoms. The van der Waals surface area contributed by atoms with Gasteiger partial charge in [-0.15, -0.1) is 0 Å². The van der Waals surface area contributed by atoms with Crippen molar-refractivity contribution >= 4 is 5.91 Å². The van der Waals surface area contributed by atoms with Crippen LogP contribution in [0, 0.1) is 11.8 Å². The molecule has 0 aromatic heterocycles. The maximum atomic E-state index is 13.0. The van der Waals surface area contributed by atoms with E-state index in [1.54, 1.807) is 0 Å². The number of carbonyl (C=O) groups excluding carboxylic acids is 1. The van der Waals surface area contributed by atoms with Gasteiger partial charge in [0.1, 0.15) is 0 Å². The maximum absolute atomic E-state index is 13.0. The summed E-state index contributed by atoms with van der Waals surface area (Å²) in [4.78, 5) is 13.0. The van der Waals surface area contributed by atoms with Crippen molar-refractivity contribution in [2.45, 2.75) is 39.7 Å². The third-order valence-corrected chi connectivity index (χ3v) is 4.23. The smallest absolute Gasteiger partial charge is 0.228 e. The van der Waals surface area contributed by atoms with E-state index in [2.05, 4.69) is 45.1 Å². The first-order chi connectivity index (χ1) is 11.0. The molecule has 2 aromatic rings. The Morgan fingerprint density at radius 1 is 0.739 bits per heavy atom. The zero-order valence-electron chi connectivity index (χ0n) is 14.5. The Hall–Kier alpha value is -2.09. The minimum atomic E-state index is -0.124. The summed E-state index contributed by atoms with van der Waals surface area (Å²) in [6, 6.07) is 20.3. The van der Waals surface area contributed by atoms with E-state index in [-0.39, 0.29) is 23.8 Å². The molecule has 0 saturated heterocycles. The molecule has 122 valence electrons. The molecule has 0 radical (unpaired) electrons. The van der Waals surface area contributed by atoms with E-state index in [0.717, 1.165) is 11.1 Å². The molecule has 2 atom stereocenters. The molecule has 2 nitrogen and oxygen atoms in total. The summed E-state index contributed by atoms with van der Waals surface area (Å²) in [7, 11) is 0. The van der Waals surface area contributed by atoms with E-state index in [0.29, 0.717) is 5.92 Å². The lowest BCUT2D eigenvalue weighted by Crippen LogP contribution is -2.37. The summed E-state index contributed by atoms with van der Waals surface area (Å²) >= 11 is 0. The van der Waals surface area contributed by atoms with Gasteiger partial charge in [0.2, 0.25) is 5.91 Å². The molecule has 0 aliphatic rings. The van der Waals surface area contributed by atoms with E-state index in [1.165, 1.54) is 0 Å². The number of amides is 1. The average Bonchev–Trinajstić information content (AvgIpc) is 2.54. The Kier molecular flexibility index (Phi) is 5.97. The zero-order valence-corrected chi connectivity index (χ0v) is 14.5. The number of rotatable bonds is 6. The molecule has 23 heavy (non-hydrogen) atoms. The maximum Gasteiger partial charge on any atom is 0.228 e. The van der Waals surface area contributed by atoms with Crippen LogP contribution in [-0.2, 0) is 4.79 Å². The predicted octanol–water partition coefficient (Wildman–Crippen LogP) is 4.94. The van der Waals surface area contributed by atoms with E-state index in [4.69, 9.17) is 0 Å². The van der Waals surface area contributed by atoms with Gasteiger partial charge in [-0.25, -0.2) is 0 Å². The third-order valence-electron chi connectivity index (χ3n) is 4.23. The topological polar surface area (TPSA) is 29.1 Å². The van der Waals surface area contributed by atoms with Crippen molar-refractivity contribution in [3.05, 3.63) is 71.8 Å². The Labute approximate surface area is 139 Å². The summed E-state index contributed by atoms with van der Waals surface area (Å²) in [5, 5.41) is 3.27. The molecule has 2 heteroatoms. The van der Waals surface area contributed by atoms with Crippen LogP contribution in [-0.4, -0.2) is 5.91 Å². The van der Waals surface area contributed by atoms with Crippen LogP contribution in [0.15, 0.2) is 60.7 Å². The van der Waals surface area contributed by atoms with E-state index < -0.39 is 0 Å². The average molecular weight is 309 g/mol. The second-order valence-electron chi connectivity index (χ2n) is 6.77. The molecule has 0 aliphatic heterocycles. The molecule has 1 N–H and O–H groups in total. The number of benzene rings is 2. The van der Waals surface area contributed by atoms with E-state index in [9.17, 15) is 4.79 Å². The van der Waals surface area contributed by atoms with E-state index in [1.807, 2.05) is 48.5 Å². The SMILES string of the molecule is CC(C)C(NC(=O)C(c1ccccc1)C(C)C)c1ccccc1. The standard InChI is InChI=1S/C21H27NO/c1-15(2)19(17-11-7-5-8-12-17)21(23)22-20(16(3)4)18-13-9-6-10-14-18/h5-16,19-20H,1-4H3,(H,22,23). The fourth-order valence-electron chi connectivity index (χ4n) is 3.04. The van der Waals surface area contributed by atoms with Gasteiger partial charge in [-0.05, 0) is 23.0 Å². The molecule has 0 saturated carbocycles. The van der Waals surface area contributed by atoms with Gasteiger partial charge in [-0.2, -0.15) is 0 Å². The molecule has 2 aromatic carbocycles. The highest BCUT2D eigenvalue weighted by Crippen LogP contribution is 2.28. The van der Waals surface area contributed by atoms with Crippen LogP contribution < -0.4 is 5.32 Å². The van der Waals surface area contributed by atoms with Gasteiger partial charge in [0, 0.05) is 0 Å². The van der Waals surface area contributed by atoms with Crippen molar-refractivity contribution in [3.63, 3.8) is 0 Å². The highest BCUT2D eigenvalue weighted by molar-refractivity contribution is 5.84. The van der Waals surface area contributed by atoms with Crippen LogP contribution in [0.1, 0.15) is 50.8 Å². The van der Waals surface area contributed by atoms with Crippen LogP contribution in [0.3, 0.4) is 0 Å². The van der Waals surface area contributed by atoms with Crippen molar-refractivity contribution < 1.29 is 4.79 Å². The third kappa shape index (κ3) is 4.44. The lowest BCUT2D eigenvalue weighted by atomic mass is 9.86. The second-order valence-corrected chi connectivity index (χ2v) is 6.77. The van der Waals surface area contributed by atoms with E-state index >= 15 is 0 Å². The van der Waals surface area contributed by atoms with Crippen molar-refractivity contribution in [3.8, 4) is 0 Å². The Bertz CT molecular complexity index is 604. The first kappa shape index (κ1) is 17.3. The van der Waals surface area contributed by atoms with Gasteiger partial charge in [-0.1, -0.05) is 88.4 Å². The number of hydrogen-bond donors (Lipinski definition) is 1. The first-order valence-electron chi connectivity index (χ1n) is 8.41. The molecule has 1 amide bonds. The van der Waals surface area contributed by atoms with Gasteiger partial charge in [0.05, 0.1) is 12.0 Å². The Balaban J connectivity index is 2.23. The summed E-state index contributed by atoms with van der Waals surface area (Å²) in [5.74, 6) is 0.570. The minimum absolute atomic E-state index is 0.0358. The molecule has 0 fully saturated rings. The molecule has 0 heterocycles. The predicted molar refractivity (Wildman–Crippen MR) is 96.2 cm³/mol. The highest BCUT2D eigenvalue weighted by Gasteiger charge is 2.27. The van der Waals surface area contributed by atoms with Crippen LogP contribution in [0.2, 0.25) is 0 Å². The van der Waals surface area contributed by atoms with Gasteiger partial charge < -0.3 is 5.32 Å². The lowest BCUT2D eigenvalue weighted by molar-refractivity contribution is -0.124. The minimum Gasteiger partial charge on any atom is -0.349 e. The van der Waals surface area contributed by atoms with Crippen LogP contribution in [0.5, 0.6) is 0 Å². The van der Waals surface area contributed by atoms with Gasteiger partial charge in [0.25, 0.3) is 0 Å². The summed E-state index contributed by atoms with van der Waals surface area (Å²) in [5.41, 5.74) is 2.24. The van der Waals surface area contributed by atoms with Crippen molar-refractivity contribution in [2.75, 3.05) is 0 Å². The zero-order chi connectivity index (χ0) is 16.8. The number of nitrogens with one attached hydrogen (secondary N) is 1. The fraction of sp³-hybridized carbons (Fsp3) is 0.381. The molecule has 0 aliphatic carbocycles. The summed E-state index contributed by atoms with van der Waals surface area (Å²) in [6.45, 7) is 8.49. The Morgan fingerprint density at radius 2 is 1.22 bits per heavy atom. The monoisotopic (exact) mass is 309 g/mol. The first-order valence-corrected chi connectivity index (χ1v) is 8.41. The van der Waals surface area contributed by atoms with Crippen LogP contribution in [0.25, 0.3) is 0 Å². The Morgan fingerprint density at radius 3 is 1.65 bits per heavy atom. The van der Waals surface area contributed by atoms with Gasteiger partial charge >= 0.3 is 0 Å². The molecular weight excluding hydrogens is 282 g/mol. The molecular formula is C21H27NO. The second kappa shape index (κ2) is 7.96. The number of carbonyl (C=O) groups is 1. The number of hydrogen-bond acceptors (Lipinski definition) is 1. The van der Waals surface area contributed by atoms with Gasteiger partial charge in [-0.3, -0.25) is 4.79 Å². The van der Waals surface area contributed by atoms with Crippen molar-refractivity contribution in [1.29, 1.82) is 0 Å². The quantitative estimate of drug-likeness (QED) is 0.804. The normalized spacial score (nSPS) is 13.8. The van der Waals surface area contributed by atoms with Gasteiger partial charge in [0.15, 0.2) is 0 Å². The summed E-state index contributed by atoms with van der Waals surface area (Å²) < 4.78 is 0. The summed E-state index contributed by atoms with van der Waals surface area (Å²) in [6.07, 6.45) is 0. The lowest BCUT2D eigenvalue weighted by Gasteiger charge is -2.27. The van der Waals surface area contributed by atoms with Crippen molar-refractivity contribution in [1.82, 2.24) is 5.32 Å². The van der Waals surface area contributed by atoms with Crippen molar-refractivity contribution in [2.24, 2.45) is 11.8 Å². The largest absolute Gasteiger partial charge is 0.349 e. The molecule has 2 rings (SSSR count).